The number of alkyl halides is 1. The van der Waals surface area contributed by atoms with Gasteiger partial charge in [0.25, 0.3) is 0 Å². The van der Waals surface area contributed by atoms with Gasteiger partial charge in [-0.3, -0.25) is 0 Å². The number of ether oxygens (including phenoxy) is 1. The van der Waals surface area contributed by atoms with Gasteiger partial charge in [-0.2, -0.15) is 0 Å². The van der Waals surface area contributed by atoms with E-state index in [4.69, 9.17) is 16.3 Å². The summed E-state index contributed by atoms with van der Waals surface area (Å²) >= 11 is 5.92. The third-order valence-corrected chi connectivity index (χ3v) is 8.15. The van der Waals surface area contributed by atoms with Crippen molar-refractivity contribution >= 4 is 11.6 Å². The first kappa shape index (κ1) is 21.9. The molecule has 4 aliphatic carbocycles. The molecule has 0 atom stereocenters. The third kappa shape index (κ3) is 5.01. The molecule has 0 aliphatic heterocycles. The molecule has 3 heteroatoms. The van der Waals surface area contributed by atoms with Crippen LogP contribution >= 0.6 is 11.6 Å². The zero-order valence-corrected chi connectivity index (χ0v) is 19.7. The molecular weight excluding hydrogens is 416 g/mol. The van der Waals surface area contributed by atoms with E-state index in [9.17, 15) is 5.11 Å². The molecule has 170 valence electrons. The second-order valence-electron chi connectivity index (χ2n) is 10.3. The number of hydrogen-bond donors (Lipinski definition) is 1. The standard InChI is InChI=1S/C29H35ClO2/c30-13-3-1-2-4-28(29-24-16-22-15-23(18-24)19-25(29)17-22)32-27-11-7-21(8-12-27)14-20-5-9-26(31)10-6-20/h5-12,22-25,31H,1-4,13-19H2. The largest absolute Gasteiger partial charge is 0.508 e. The monoisotopic (exact) mass is 450 g/mol. The highest BCUT2D eigenvalue weighted by atomic mass is 35.5. The average Bonchev–Trinajstić information content (AvgIpc) is 2.78. The summed E-state index contributed by atoms with van der Waals surface area (Å²) in [6, 6.07) is 16.1. The molecule has 4 aliphatic rings. The Balaban J connectivity index is 1.31. The number of phenolic OH excluding ortho intramolecular Hbond substituents is 1. The maximum Gasteiger partial charge on any atom is 0.126 e. The van der Waals surface area contributed by atoms with Gasteiger partial charge in [-0.15, -0.1) is 11.6 Å². The van der Waals surface area contributed by atoms with Gasteiger partial charge in [0.1, 0.15) is 17.3 Å². The number of aromatic hydroxyl groups is 1. The van der Waals surface area contributed by atoms with Crippen LogP contribution in [0.25, 0.3) is 0 Å². The molecule has 0 aromatic heterocycles. The lowest BCUT2D eigenvalue weighted by Gasteiger charge is -2.51. The van der Waals surface area contributed by atoms with Crippen LogP contribution in [-0.4, -0.2) is 11.0 Å². The number of benzene rings is 2. The fourth-order valence-electron chi connectivity index (χ4n) is 6.63. The van der Waals surface area contributed by atoms with Crippen molar-refractivity contribution in [2.45, 2.75) is 64.2 Å². The van der Waals surface area contributed by atoms with Gasteiger partial charge in [-0.25, -0.2) is 0 Å². The van der Waals surface area contributed by atoms with Crippen molar-refractivity contribution < 1.29 is 9.84 Å². The van der Waals surface area contributed by atoms with E-state index >= 15 is 0 Å². The fraction of sp³-hybridized carbons (Fsp3) is 0.517. The van der Waals surface area contributed by atoms with E-state index < -0.39 is 0 Å². The maximum atomic E-state index is 9.49. The molecule has 0 unspecified atom stereocenters. The third-order valence-electron chi connectivity index (χ3n) is 7.89. The van der Waals surface area contributed by atoms with Gasteiger partial charge in [-0.05, 0) is 116 Å². The Morgan fingerprint density at radius 1 is 0.781 bits per heavy atom. The highest BCUT2D eigenvalue weighted by molar-refractivity contribution is 6.17. The van der Waals surface area contributed by atoms with E-state index in [-0.39, 0.29) is 0 Å². The Bertz CT molecular complexity index is 899. The highest BCUT2D eigenvalue weighted by Crippen LogP contribution is 2.57. The predicted molar refractivity (Wildman–Crippen MR) is 131 cm³/mol. The number of rotatable bonds is 9. The van der Waals surface area contributed by atoms with Crippen LogP contribution in [0.15, 0.2) is 59.9 Å². The van der Waals surface area contributed by atoms with Gasteiger partial charge < -0.3 is 9.84 Å². The molecule has 0 heterocycles. The molecule has 4 bridgehead atoms. The summed E-state index contributed by atoms with van der Waals surface area (Å²) in [5.41, 5.74) is 4.14. The average molecular weight is 451 g/mol. The Morgan fingerprint density at radius 2 is 1.38 bits per heavy atom. The van der Waals surface area contributed by atoms with Crippen LogP contribution < -0.4 is 4.74 Å². The lowest BCUT2D eigenvalue weighted by molar-refractivity contribution is 0.0640. The van der Waals surface area contributed by atoms with E-state index in [1.54, 1.807) is 17.7 Å². The molecule has 0 radical (unpaired) electrons. The topological polar surface area (TPSA) is 29.5 Å². The normalized spacial score (nSPS) is 25.8. The van der Waals surface area contributed by atoms with Gasteiger partial charge in [-0.1, -0.05) is 30.7 Å². The summed E-state index contributed by atoms with van der Waals surface area (Å²) in [7, 11) is 0. The lowest BCUT2D eigenvalue weighted by atomic mass is 9.54. The van der Waals surface area contributed by atoms with Crippen LogP contribution in [0.4, 0.5) is 0 Å². The second kappa shape index (κ2) is 9.91. The van der Waals surface area contributed by atoms with E-state index in [0.29, 0.717) is 5.75 Å². The SMILES string of the molecule is Oc1ccc(Cc2ccc(OC(CCCCCCl)=C3C4CC5CC(C4)CC3C5)cc2)cc1. The zero-order valence-electron chi connectivity index (χ0n) is 18.9. The molecule has 2 aromatic rings. The molecule has 0 amide bonds. The van der Waals surface area contributed by atoms with Gasteiger partial charge in [0, 0.05) is 12.3 Å². The lowest BCUT2D eigenvalue weighted by Crippen LogP contribution is -2.41. The van der Waals surface area contributed by atoms with Crippen molar-refractivity contribution in [3.8, 4) is 11.5 Å². The van der Waals surface area contributed by atoms with E-state index in [1.807, 2.05) is 12.1 Å². The number of hydrogen-bond acceptors (Lipinski definition) is 2. The summed E-state index contributed by atoms with van der Waals surface area (Å²) in [5, 5.41) is 9.49. The second-order valence-corrected chi connectivity index (χ2v) is 10.6. The van der Waals surface area contributed by atoms with Crippen molar-refractivity contribution in [1.29, 1.82) is 0 Å². The molecule has 6 rings (SSSR count). The molecule has 0 saturated heterocycles. The van der Waals surface area contributed by atoms with Crippen LogP contribution in [0, 0.1) is 23.7 Å². The number of halogens is 1. The van der Waals surface area contributed by atoms with Crippen molar-refractivity contribution in [3.63, 3.8) is 0 Å². The number of allylic oxidation sites excluding steroid dienone is 2. The minimum atomic E-state index is 0.314. The van der Waals surface area contributed by atoms with Gasteiger partial charge in [0.05, 0.1) is 0 Å². The molecule has 0 spiro atoms. The van der Waals surface area contributed by atoms with Gasteiger partial charge in [0.15, 0.2) is 0 Å². The smallest absolute Gasteiger partial charge is 0.126 e. The molecule has 4 saturated carbocycles. The molecule has 1 N–H and O–H groups in total. The van der Waals surface area contributed by atoms with Crippen LogP contribution in [-0.2, 0) is 6.42 Å². The van der Waals surface area contributed by atoms with Crippen molar-refractivity contribution in [2.75, 3.05) is 5.88 Å². The summed E-state index contributed by atoms with van der Waals surface area (Å²) in [5.74, 6) is 6.78. The Morgan fingerprint density at radius 3 is 1.97 bits per heavy atom. The highest BCUT2D eigenvalue weighted by Gasteiger charge is 2.46. The van der Waals surface area contributed by atoms with E-state index in [1.165, 1.54) is 55.4 Å². The minimum Gasteiger partial charge on any atom is -0.508 e. The first-order valence-electron chi connectivity index (χ1n) is 12.5. The van der Waals surface area contributed by atoms with Crippen LogP contribution in [0.5, 0.6) is 11.5 Å². The Labute approximate surface area is 197 Å². The summed E-state index contributed by atoms with van der Waals surface area (Å²) in [6.45, 7) is 0. The molecule has 2 aromatic carbocycles. The Kier molecular flexibility index (Phi) is 6.78. The molecule has 2 nitrogen and oxygen atoms in total. The first-order chi connectivity index (χ1) is 15.7. The van der Waals surface area contributed by atoms with Crippen molar-refractivity contribution in [1.82, 2.24) is 0 Å². The molecule has 4 fully saturated rings. The summed E-state index contributed by atoms with van der Waals surface area (Å²) < 4.78 is 6.66. The van der Waals surface area contributed by atoms with Crippen LogP contribution in [0.1, 0.15) is 68.9 Å². The molecular formula is C29H35ClO2. The Hall–Kier alpha value is -1.93. The maximum absolute atomic E-state index is 9.49. The zero-order chi connectivity index (χ0) is 21.9. The van der Waals surface area contributed by atoms with E-state index in [0.717, 1.165) is 61.0 Å². The van der Waals surface area contributed by atoms with Crippen LogP contribution in [0.3, 0.4) is 0 Å². The minimum absolute atomic E-state index is 0.314. The van der Waals surface area contributed by atoms with E-state index in [2.05, 4.69) is 24.3 Å². The number of unbranched alkanes of at least 4 members (excludes halogenated alkanes) is 2. The fourth-order valence-corrected chi connectivity index (χ4v) is 6.81. The van der Waals surface area contributed by atoms with Crippen molar-refractivity contribution in [3.05, 3.63) is 71.0 Å². The van der Waals surface area contributed by atoms with Gasteiger partial charge in [0.2, 0.25) is 0 Å². The van der Waals surface area contributed by atoms with Crippen LogP contribution in [0.2, 0.25) is 0 Å². The quantitative estimate of drug-likeness (QED) is 0.239. The predicted octanol–water partition coefficient (Wildman–Crippen LogP) is 7.87. The summed E-state index contributed by atoms with van der Waals surface area (Å²) in [6.07, 6.45) is 12.4. The van der Waals surface area contributed by atoms with Crippen molar-refractivity contribution in [2.24, 2.45) is 23.7 Å². The molecule has 32 heavy (non-hydrogen) atoms. The first-order valence-corrected chi connectivity index (χ1v) is 13.0. The summed E-state index contributed by atoms with van der Waals surface area (Å²) in [4.78, 5) is 0. The number of phenols is 1. The van der Waals surface area contributed by atoms with Gasteiger partial charge >= 0.3 is 0 Å².